The highest BCUT2D eigenvalue weighted by Crippen LogP contribution is 2.48. The molecule has 10 heteroatoms. The zero-order valence-corrected chi connectivity index (χ0v) is 16.5. The second-order valence-corrected chi connectivity index (χ2v) is 7.76. The third-order valence-electron chi connectivity index (χ3n) is 5.29. The van der Waals surface area contributed by atoms with Crippen molar-refractivity contribution < 1.29 is 31.1 Å². The molecule has 1 aromatic heterocycles. The largest absolute Gasteiger partial charge is 0.417 e. The minimum Gasteiger partial charge on any atom is -0.368 e. The molecule has 2 N–H and O–H groups in total. The number of aromatic nitrogens is 1. The molecule has 4 nitrogen and oxygen atoms in total. The lowest BCUT2D eigenvalue weighted by atomic mass is 9.77. The van der Waals surface area contributed by atoms with Crippen molar-refractivity contribution in [1.29, 1.82) is 0 Å². The Labute approximate surface area is 169 Å². The molecule has 0 saturated carbocycles. The van der Waals surface area contributed by atoms with Gasteiger partial charge in [0.25, 0.3) is 5.92 Å². The fourth-order valence-electron chi connectivity index (χ4n) is 3.49. The number of hydrogen-bond acceptors (Lipinski definition) is 4. The van der Waals surface area contributed by atoms with Crippen LogP contribution in [0.3, 0.4) is 0 Å². The van der Waals surface area contributed by atoms with Crippen LogP contribution in [-0.4, -0.2) is 29.7 Å². The summed E-state index contributed by atoms with van der Waals surface area (Å²) < 4.78 is 89.4. The van der Waals surface area contributed by atoms with Gasteiger partial charge in [0.2, 0.25) is 0 Å². The molecule has 3 rings (SSSR count). The van der Waals surface area contributed by atoms with Gasteiger partial charge in [-0.1, -0.05) is 0 Å². The Balaban J connectivity index is 2.02. The standard InChI is InChI=1S/C20H21F6N3O/c1-17(2)20(25,26)18(3,28-6-7-30-17)15-9-13(4-5-16(15)21)29-14-8-12(10-27-11-14)19(22,23)24/h4-5,8-11,28-29H,6-7H2,1-3H3/t18-/m1/s1. The lowest BCUT2D eigenvalue weighted by molar-refractivity contribution is -0.216. The Kier molecular flexibility index (Phi) is 5.53. The molecule has 0 unspecified atom stereocenters. The van der Waals surface area contributed by atoms with Crippen LogP contribution in [0.25, 0.3) is 0 Å². The zero-order chi connectivity index (χ0) is 22.4. The van der Waals surface area contributed by atoms with Crippen LogP contribution < -0.4 is 10.6 Å². The van der Waals surface area contributed by atoms with E-state index in [0.717, 1.165) is 24.4 Å². The summed E-state index contributed by atoms with van der Waals surface area (Å²) in [6.07, 6.45) is -2.78. The van der Waals surface area contributed by atoms with Crippen LogP contribution in [-0.2, 0) is 16.5 Å². The van der Waals surface area contributed by atoms with Crippen LogP contribution in [0.1, 0.15) is 31.9 Å². The summed E-state index contributed by atoms with van der Waals surface area (Å²) >= 11 is 0. The van der Waals surface area contributed by atoms with Crippen molar-refractivity contribution in [3.63, 3.8) is 0 Å². The number of ether oxygens (including phenoxy) is 1. The van der Waals surface area contributed by atoms with E-state index in [0.29, 0.717) is 6.20 Å². The zero-order valence-electron chi connectivity index (χ0n) is 16.5. The first-order valence-electron chi connectivity index (χ1n) is 9.14. The molecular formula is C20H21F6N3O. The Morgan fingerprint density at radius 1 is 1.07 bits per heavy atom. The van der Waals surface area contributed by atoms with Gasteiger partial charge in [0.15, 0.2) is 0 Å². The van der Waals surface area contributed by atoms with E-state index < -0.39 is 34.6 Å². The van der Waals surface area contributed by atoms with Crippen molar-refractivity contribution in [3.8, 4) is 0 Å². The van der Waals surface area contributed by atoms with Crippen LogP contribution in [0.15, 0.2) is 36.7 Å². The van der Waals surface area contributed by atoms with Gasteiger partial charge >= 0.3 is 6.18 Å². The highest BCUT2D eigenvalue weighted by molar-refractivity contribution is 5.61. The first-order valence-corrected chi connectivity index (χ1v) is 9.14. The van der Waals surface area contributed by atoms with E-state index in [1.807, 2.05) is 0 Å². The van der Waals surface area contributed by atoms with E-state index >= 15 is 8.78 Å². The average Bonchev–Trinajstić information content (AvgIpc) is 2.73. The van der Waals surface area contributed by atoms with Crippen LogP contribution >= 0.6 is 0 Å². The molecule has 1 saturated heterocycles. The number of anilines is 2. The summed E-state index contributed by atoms with van der Waals surface area (Å²) in [6.45, 7) is 3.70. The number of hydrogen-bond donors (Lipinski definition) is 2. The Bertz CT molecular complexity index is 931. The molecule has 0 amide bonds. The monoisotopic (exact) mass is 433 g/mol. The minimum atomic E-state index is -4.59. The smallest absolute Gasteiger partial charge is 0.368 e. The highest BCUT2D eigenvalue weighted by Gasteiger charge is 2.63. The molecule has 0 bridgehead atoms. The second-order valence-electron chi connectivity index (χ2n) is 7.76. The quantitative estimate of drug-likeness (QED) is 0.651. The molecule has 1 atom stereocenters. The van der Waals surface area contributed by atoms with Gasteiger partial charge in [0.1, 0.15) is 17.0 Å². The van der Waals surface area contributed by atoms with E-state index in [-0.39, 0.29) is 30.1 Å². The molecule has 0 spiro atoms. The number of nitrogens with zero attached hydrogens (tertiary/aromatic N) is 1. The summed E-state index contributed by atoms with van der Waals surface area (Å²) in [5, 5.41) is 5.35. The molecule has 1 aromatic carbocycles. The predicted octanol–water partition coefficient (Wildman–Crippen LogP) is 5.23. The van der Waals surface area contributed by atoms with Crippen molar-refractivity contribution in [2.24, 2.45) is 0 Å². The number of nitrogens with one attached hydrogen (secondary N) is 2. The molecule has 2 aromatic rings. The molecule has 30 heavy (non-hydrogen) atoms. The van der Waals surface area contributed by atoms with E-state index in [1.165, 1.54) is 26.8 Å². The maximum Gasteiger partial charge on any atom is 0.417 e. The SMILES string of the molecule is CC1(C)OCCN[C@](C)(c2cc(Nc3cncc(C(F)(F)F)c3)ccc2F)C1(F)F. The number of alkyl halides is 5. The number of benzene rings is 1. The summed E-state index contributed by atoms with van der Waals surface area (Å²) in [7, 11) is 0. The fraction of sp³-hybridized carbons (Fsp3) is 0.450. The topological polar surface area (TPSA) is 46.2 Å². The lowest BCUT2D eigenvalue weighted by Crippen LogP contribution is -2.61. The van der Waals surface area contributed by atoms with Gasteiger partial charge in [-0.25, -0.2) is 13.2 Å². The van der Waals surface area contributed by atoms with Crippen molar-refractivity contribution in [2.45, 2.75) is 44.0 Å². The summed E-state index contributed by atoms with van der Waals surface area (Å²) in [5.41, 5.74) is -5.20. The van der Waals surface area contributed by atoms with Gasteiger partial charge in [-0.05, 0) is 45.0 Å². The molecule has 2 heterocycles. The van der Waals surface area contributed by atoms with Crippen molar-refractivity contribution in [3.05, 3.63) is 53.6 Å². The fourth-order valence-corrected chi connectivity index (χ4v) is 3.49. The third kappa shape index (κ3) is 3.85. The third-order valence-corrected chi connectivity index (χ3v) is 5.29. The first kappa shape index (κ1) is 22.4. The molecule has 0 radical (unpaired) electrons. The minimum absolute atomic E-state index is 0.00758. The maximum absolute atomic E-state index is 15.4. The van der Waals surface area contributed by atoms with E-state index in [9.17, 15) is 17.6 Å². The highest BCUT2D eigenvalue weighted by atomic mass is 19.4. The number of halogens is 6. The van der Waals surface area contributed by atoms with Crippen LogP contribution in [0, 0.1) is 5.82 Å². The summed E-state index contributed by atoms with van der Waals surface area (Å²) in [5.74, 6) is -4.40. The van der Waals surface area contributed by atoms with Gasteiger partial charge in [-0.2, -0.15) is 13.2 Å². The van der Waals surface area contributed by atoms with Crippen molar-refractivity contribution in [1.82, 2.24) is 10.3 Å². The molecular weight excluding hydrogens is 412 g/mol. The molecule has 1 aliphatic heterocycles. The molecule has 164 valence electrons. The summed E-state index contributed by atoms with van der Waals surface area (Å²) in [6, 6.07) is 4.21. The Morgan fingerprint density at radius 3 is 2.43 bits per heavy atom. The number of pyridine rings is 1. The average molecular weight is 433 g/mol. The predicted molar refractivity (Wildman–Crippen MR) is 99.3 cm³/mol. The summed E-state index contributed by atoms with van der Waals surface area (Å²) in [4.78, 5) is 3.54. The maximum atomic E-state index is 15.4. The van der Waals surface area contributed by atoms with Gasteiger partial charge in [0.05, 0.1) is 24.1 Å². The van der Waals surface area contributed by atoms with E-state index in [2.05, 4.69) is 15.6 Å². The van der Waals surface area contributed by atoms with Crippen molar-refractivity contribution >= 4 is 11.4 Å². The van der Waals surface area contributed by atoms with E-state index in [4.69, 9.17) is 4.74 Å². The normalized spacial score (nSPS) is 23.6. The molecule has 1 aliphatic rings. The molecule has 0 aliphatic carbocycles. The lowest BCUT2D eigenvalue weighted by Gasteiger charge is -2.44. The number of rotatable bonds is 3. The van der Waals surface area contributed by atoms with E-state index in [1.54, 1.807) is 0 Å². The van der Waals surface area contributed by atoms with Crippen LogP contribution in [0.4, 0.5) is 37.7 Å². The Hall–Kier alpha value is -2.33. The van der Waals surface area contributed by atoms with Crippen LogP contribution in [0.2, 0.25) is 0 Å². The van der Waals surface area contributed by atoms with Crippen molar-refractivity contribution in [2.75, 3.05) is 18.5 Å². The van der Waals surface area contributed by atoms with Gasteiger partial charge in [-0.15, -0.1) is 0 Å². The molecule has 1 fully saturated rings. The first-order chi connectivity index (χ1) is 13.8. The Morgan fingerprint density at radius 2 is 1.77 bits per heavy atom. The van der Waals surface area contributed by atoms with Crippen LogP contribution in [0.5, 0.6) is 0 Å². The van der Waals surface area contributed by atoms with Gasteiger partial charge in [0, 0.05) is 24.0 Å². The second kappa shape index (κ2) is 7.42. The van der Waals surface area contributed by atoms with Gasteiger partial charge < -0.3 is 15.4 Å². The van der Waals surface area contributed by atoms with Gasteiger partial charge in [-0.3, -0.25) is 4.98 Å².